The molecule has 34 heavy (non-hydrogen) atoms. The Morgan fingerprint density at radius 3 is 2.35 bits per heavy atom. The third-order valence-corrected chi connectivity index (χ3v) is 7.38. The molecule has 1 aromatic carbocycles. The first kappa shape index (κ1) is 28.0. The van der Waals surface area contributed by atoms with Crippen LogP contribution in [0, 0.1) is 13.8 Å². The van der Waals surface area contributed by atoms with Gasteiger partial charge in [0.15, 0.2) is 0 Å². The zero-order chi connectivity index (χ0) is 25.5. The number of nitrogens with zero attached hydrogens (tertiary/aromatic N) is 2. The van der Waals surface area contributed by atoms with Crippen LogP contribution in [0.3, 0.4) is 0 Å². The van der Waals surface area contributed by atoms with Gasteiger partial charge in [0.1, 0.15) is 0 Å². The van der Waals surface area contributed by atoms with E-state index in [0.717, 1.165) is 31.5 Å². The number of aliphatic carboxylic acids is 1. The minimum absolute atomic E-state index is 0.143. The van der Waals surface area contributed by atoms with Gasteiger partial charge in [-0.3, -0.25) is 4.79 Å². The van der Waals surface area contributed by atoms with Crippen LogP contribution in [-0.2, 0) is 24.3 Å². The predicted octanol–water partition coefficient (Wildman–Crippen LogP) is 1.54. The molecule has 2 aliphatic rings. The van der Waals surface area contributed by atoms with Crippen LogP contribution < -0.4 is 5.32 Å². The molecule has 0 spiro atoms. The van der Waals surface area contributed by atoms with Crippen LogP contribution in [0.25, 0.3) is 0 Å². The molecule has 2 fully saturated rings. The van der Waals surface area contributed by atoms with Gasteiger partial charge in [-0.1, -0.05) is 17.7 Å². The van der Waals surface area contributed by atoms with Gasteiger partial charge in [-0.25, -0.2) is 13.2 Å². The summed E-state index contributed by atoms with van der Waals surface area (Å²) in [6.45, 7) is 7.13. The minimum atomic E-state index is -5.08. The van der Waals surface area contributed by atoms with E-state index in [9.17, 15) is 26.4 Å². The Bertz CT molecular complexity index is 959. The Balaban J connectivity index is 0.000000509. The first-order valence-electron chi connectivity index (χ1n) is 10.8. The fourth-order valence-electron chi connectivity index (χ4n) is 3.66. The quantitative estimate of drug-likeness (QED) is 0.598. The molecule has 2 N–H and O–H groups in total. The Kier molecular flexibility index (Phi) is 9.85. The minimum Gasteiger partial charge on any atom is -0.475 e. The second-order valence-corrected chi connectivity index (χ2v) is 10.0. The topological polar surface area (TPSA) is 116 Å². The molecule has 1 atom stereocenters. The van der Waals surface area contributed by atoms with Gasteiger partial charge in [0.2, 0.25) is 15.9 Å². The monoisotopic (exact) mass is 509 g/mol. The average Bonchev–Trinajstić information content (AvgIpc) is 3.26. The number of halogens is 3. The second-order valence-electron chi connectivity index (χ2n) is 8.14. The first-order valence-corrected chi connectivity index (χ1v) is 12.2. The van der Waals surface area contributed by atoms with Crippen molar-refractivity contribution in [1.29, 1.82) is 0 Å². The maximum Gasteiger partial charge on any atom is 0.490 e. The van der Waals surface area contributed by atoms with E-state index in [1.165, 1.54) is 4.31 Å². The highest BCUT2D eigenvalue weighted by atomic mass is 32.2. The summed E-state index contributed by atoms with van der Waals surface area (Å²) in [7, 11) is -3.78. The van der Waals surface area contributed by atoms with Gasteiger partial charge >= 0.3 is 12.1 Å². The number of amides is 1. The lowest BCUT2D eigenvalue weighted by Gasteiger charge is -2.31. The Hall–Kier alpha value is -2.22. The molecule has 0 radical (unpaired) electrons. The third-order valence-electron chi connectivity index (χ3n) is 5.40. The van der Waals surface area contributed by atoms with Crippen LogP contribution in [0.4, 0.5) is 13.2 Å². The van der Waals surface area contributed by atoms with E-state index in [-0.39, 0.29) is 30.0 Å². The van der Waals surface area contributed by atoms with Crippen LogP contribution >= 0.6 is 0 Å². The summed E-state index contributed by atoms with van der Waals surface area (Å²) < 4.78 is 65.4. The highest BCUT2D eigenvalue weighted by Crippen LogP contribution is 2.23. The smallest absolute Gasteiger partial charge is 0.475 e. The molecule has 9 nitrogen and oxygen atoms in total. The van der Waals surface area contributed by atoms with E-state index in [1.54, 1.807) is 24.0 Å². The first-order chi connectivity index (χ1) is 15.8. The number of aryl methyl sites for hydroxylation is 2. The molecule has 2 heterocycles. The molecular formula is C21H30F3N3O6S. The summed E-state index contributed by atoms with van der Waals surface area (Å²) in [5, 5.41) is 10.3. The lowest BCUT2D eigenvalue weighted by atomic mass is 10.2. The van der Waals surface area contributed by atoms with Crippen LogP contribution in [0.2, 0.25) is 0 Å². The number of carboxylic acids is 1. The lowest BCUT2D eigenvalue weighted by molar-refractivity contribution is -0.192. The summed E-state index contributed by atoms with van der Waals surface area (Å²) in [6.07, 6.45) is -3.49. The van der Waals surface area contributed by atoms with E-state index in [4.69, 9.17) is 14.6 Å². The largest absolute Gasteiger partial charge is 0.490 e. The number of ether oxygens (including phenoxy) is 1. The van der Waals surface area contributed by atoms with Gasteiger partial charge in [0.25, 0.3) is 0 Å². The number of benzene rings is 1. The van der Waals surface area contributed by atoms with Crippen molar-refractivity contribution in [3.05, 3.63) is 29.3 Å². The Labute approximate surface area is 196 Å². The van der Waals surface area contributed by atoms with Crippen molar-refractivity contribution >= 4 is 21.9 Å². The number of carbonyl (C=O) groups is 2. The van der Waals surface area contributed by atoms with E-state index < -0.39 is 22.2 Å². The molecule has 0 bridgehead atoms. The Morgan fingerprint density at radius 1 is 1.24 bits per heavy atom. The molecule has 0 saturated carbocycles. The normalized spacial score (nSPS) is 19.0. The summed E-state index contributed by atoms with van der Waals surface area (Å²) in [5.41, 5.74) is 1.70. The molecule has 192 valence electrons. The van der Waals surface area contributed by atoms with Crippen molar-refractivity contribution in [1.82, 2.24) is 14.5 Å². The fourth-order valence-corrected chi connectivity index (χ4v) is 5.28. The van der Waals surface area contributed by atoms with Crippen molar-refractivity contribution in [3.8, 4) is 0 Å². The molecule has 1 amide bonds. The number of rotatable bonds is 6. The molecule has 1 aromatic rings. The molecule has 2 aliphatic heterocycles. The standard InChI is InChI=1S/C19H29N3O4S.C2HF3O2/c1-15-5-6-18(16(2)12-15)27(24,25)22(13-17-4-3-11-26-17)14-19(23)21-9-7-20-8-10-21;3-2(4,5)1(6)7/h5-6,12,17,20H,3-4,7-11,13-14H2,1-2H3;(H,6,7). The lowest BCUT2D eigenvalue weighted by Crippen LogP contribution is -2.51. The number of hydrogen-bond acceptors (Lipinski definition) is 6. The summed E-state index contributed by atoms with van der Waals surface area (Å²) in [6, 6.07) is 5.29. The van der Waals surface area contributed by atoms with Gasteiger partial charge in [-0.05, 0) is 38.3 Å². The van der Waals surface area contributed by atoms with Crippen molar-refractivity contribution in [2.75, 3.05) is 45.9 Å². The van der Waals surface area contributed by atoms with E-state index in [0.29, 0.717) is 25.3 Å². The molecule has 2 saturated heterocycles. The van der Waals surface area contributed by atoms with Crippen LogP contribution in [0.5, 0.6) is 0 Å². The molecular weight excluding hydrogens is 479 g/mol. The molecule has 3 rings (SSSR count). The molecule has 0 aliphatic carbocycles. The van der Waals surface area contributed by atoms with Crippen molar-refractivity contribution < 1.29 is 41.0 Å². The molecule has 13 heteroatoms. The van der Waals surface area contributed by atoms with Crippen molar-refractivity contribution in [3.63, 3.8) is 0 Å². The summed E-state index contributed by atoms with van der Waals surface area (Å²) in [5.74, 6) is -2.91. The van der Waals surface area contributed by atoms with Crippen molar-refractivity contribution in [2.24, 2.45) is 0 Å². The summed E-state index contributed by atoms with van der Waals surface area (Å²) in [4.78, 5) is 23.6. The van der Waals surface area contributed by atoms with Gasteiger partial charge in [-0.15, -0.1) is 0 Å². The third kappa shape index (κ3) is 7.93. The maximum atomic E-state index is 13.4. The van der Waals surface area contributed by atoms with Gasteiger partial charge in [0, 0.05) is 39.3 Å². The van der Waals surface area contributed by atoms with E-state index >= 15 is 0 Å². The van der Waals surface area contributed by atoms with Crippen molar-refractivity contribution in [2.45, 2.75) is 43.9 Å². The van der Waals surface area contributed by atoms with Gasteiger partial charge < -0.3 is 20.1 Å². The zero-order valence-electron chi connectivity index (χ0n) is 19.1. The number of nitrogens with one attached hydrogen (secondary N) is 1. The number of alkyl halides is 3. The average molecular weight is 510 g/mol. The predicted molar refractivity (Wildman–Crippen MR) is 117 cm³/mol. The number of carbonyl (C=O) groups excluding carboxylic acids is 1. The fraction of sp³-hybridized carbons (Fsp3) is 0.619. The second kappa shape index (κ2) is 12.0. The molecule has 1 unspecified atom stereocenters. The number of sulfonamides is 1. The number of hydrogen-bond donors (Lipinski definition) is 2. The number of carboxylic acid groups (broad SMARTS) is 1. The Morgan fingerprint density at radius 2 is 1.85 bits per heavy atom. The van der Waals surface area contributed by atoms with E-state index in [1.807, 2.05) is 13.0 Å². The SMILES string of the molecule is Cc1ccc(S(=O)(=O)N(CC(=O)N2CCNCC2)CC2CCCO2)c(C)c1.O=C(O)C(F)(F)F. The molecule has 0 aromatic heterocycles. The van der Waals surface area contributed by atoms with Gasteiger partial charge in [0.05, 0.1) is 17.5 Å². The highest BCUT2D eigenvalue weighted by molar-refractivity contribution is 7.89. The summed E-state index contributed by atoms with van der Waals surface area (Å²) >= 11 is 0. The van der Waals surface area contributed by atoms with Crippen LogP contribution in [-0.4, -0.2) is 92.8 Å². The maximum absolute atomic E-state index is 13.4. The van der Waals surface area contributed by atoms with Gasteiger partial charge in [-0.2, -0.15) is 17.5 Å². The zero-order valence-corrected chi connectivity index (χ0v) is 19.9. The van der Waals surface area contributed by atoms with Crippen LogP contribution in [0.1, 0.15) is 24.0 Å². The van der Waals surface area contributed by atoms with E-state index in [2.05, 4.69) is 5.32 Å². The van der Waals surface area contributed by atoms with Crippen LogP contribution in [0.15, 0.2) is 23.1 Å². The number of piperazine rings is 1. The highest BCUT2D eigenvalue weighted by Gasteiger charge is 2.38.